The van der Waals surface area contributed by atoms with Gasteiger partial charge in [-0.15, -0.1) is 12.4 Å². The molecule has 0 radical (unpaired) electrons. The topological polar surface area (TPSA) is 89.0 Å². The molecule has 1 atom stereocenters. The van der Waals surface area contributed by atoms with Gasteiger partial charge in [0.15, 0.2) is 0 Å². The highest BCUT2D eigenvalue weighted by Gasteiger charge is 2.28. The van der Waals surface area contributed by atoms with Crippen LogP contribution in [0.4, 0.5) is 0 Å². The van der Waals surface area contributed by atoms with Gasteiger partial charge in [-0.05, 0) is 19.9 Å². The smallest absolute Gasteiger partial charge is 0.257 e. The highest BCUT2D eigenvalue weighted by atomic mass is 35.5. The normalized spacial score (nSPS) is 16.0. The number of aryl methyl sites for hydroxylation is 2. The molecule has 2 amide bonds. The standard InChI is InChI=1S/C15H23N3O4.ClH/c1-10-8-12(11(2)22-10)14(19)17-4-6-18(7-5-17)15(20)13(16)9-21-3;/h8,13H,4-7,9,16H2,1-3H3;1H. The third kappa shape index (κ3) is 4.46. The Kier molecular flexibility index (Phi) is 7.05. The van der Waals surface area contributed by atoms with Gasteiger partial charge in [0.2, 0.25) is 5.91 Å². The Balaban J connectivity index is 0.00000264. The van der Waals surface area contributed by atoms with Gasteiger partial charge < -0.3 is 24.7 Å². The number of hydrogen-bond donors (Lipinski definition) is 1. The maximum Gasteiger partial charge on any atom is 0.257 e. The van der Waals surface area contributed by atoms with E-state index in [9.17, 15) is 9.59 Å². The molecule has 1 saturated heterocycles. The van der Waals surface area contributed by atoms with Crippen molar-refractivity contribution >= 4 is 24.2 Å². The fourth-order valence-corrected chi connectivity index (χ4v) is 2.63. The molecule has 1 aromatic rings. The molecule has 0 spiro atoms. The number of carbonyl (C=O) groups is 2. The summed E-state index contributed by atoms with van der Waals surface area (Å²) in [4.78, 5) is 28.0. The van der Waals surface area contributed by atoms with Crippen LogP contribution in [0.5, 0.6) is 0 Å². The van der Waals surface area contributed by atoms with Crippen LogP contribution in [0.3, 0.4) is 0 Å². The van der Waals surface area contributed by atoms with Gasteiger partial charge in [-0.3, -0.25) is 9.59 Å². The zero-order valence-corrected chi connectivity index (χ0v) is 14.5. The Morgan fingerprint density at radius 2 is 1.83 bits per heavy atom. The van der Waals surface area contributed by atoms with E-state index in [1.165, 1.54) is 7.11 Å². The summed E-state index contributed by atoms with van der Waals surface area (Å²) >= 11 is 0. The first-order valence-electron chi connectivity index (χ1n) is 7.33. The van der Waals surface area contributed by atoms with E-state index in [-0.39, 0.29) is 30.8 Å². The first kappa shape index (κ1) is 19.5. The molecule has 7 nitrogen and oxygen atoms in total. The van der Waals surface area contributed by atoms with Gasteiger partial charge >= 0.3 is 0 Å². The summed E-state index contributed by atoms with van der Waals surface area (Å²) < 4.78 is 10.3. The first-order valence-corrected chi connectivity index (χ1v) is 7.33. The summed E-state index contributed by atoms with van der Waals surface area (Å²) in [5, 5.41) is 0. The lowest BCUT2D eigenvalue weighted by Crippen LogP contribution is -2.55. The summed E-state index contributed by atoms with van der Waals surface area (Å²) in [6, 6.07) is 1.11. The van der Waals surface area contributed by atoms with Crippen molar-refractivity contribution in [2.24, 2.45) is 5.73 Å². The van der Waals surface area contributed by atoms with Crippen LogP contribution >= 0.6 is 12.4 Å². The number of methoxy groups -OCH3 is 1. The van der Waals surface area contributed by atoms with Crippen LogP contribution in [0.25, 0.3) is 0 Å². The van der Waals surface area contributed by atoms with Crippen molar-refractivity contribution in [2.45, 2.75) is 19.9 Å². The molecule has 0 bridgehead atoms. The van der Waals surface area contributed by atoms with E-state index in [0.29, 0.717) is 37.5 Å². The molecular weight excluding hydrogens is 322 g/mol. The first-order chi connectivity index (χ1) is 10.4. The van der Waals surface area contributed by atoms with Gasteiger partial charge in [0.1, 0.15) is 17.6 Å². The molecular formula is C15H24ClN3O4. The Labute approximate surface area is 142 Å². The molecule has 1 aliphatic rings. The minimum atomic E-state index is -0.647. The number of hydrogen-bond acceptors (Lipinski definition) is 5. The van der Waals surface area contributed by atoms with Gasteiger partial charge in [0.05, 0.1) is 12.2 Å². The molecule has 2 heterocycles. The van der Waals surface area contributed by atoms with Crippen molar-refractivity contribution in [3.05, 3.63) is 23.2 Å². The number of rotatable bonds is 4. The lowest BCUT2D eigenvalue weighted by molar-refractivity contribution is -0.135. The second-order valence-electron chi connectivity index (χ2n) is 5.51. The number of piperazine rings is 1. The van der Waals surface area contributed by atoms with Gasteiger partial charge in [-0.1, -0.05) is 0 Å². The average molecular weight is 346 g/mol. The van der Waals surface area contributed by atoms with Crippen molar-refractivity contribution in [3.8, 4) is 0 Å². The van der Waals surface area contributed by atoms with Crippen molar-refractivity contribution in [1.82, 2.24) is 9.80 Å². The second-order valence-corrected chi connectivity index (χ2v) is 5.51. The van der Waals surface area contributed by atoms with Crippen LogP contribution in [-0.4, -0.2) is 67.6 Å². The molecule has 130 valence electrons. The Morgan fingerprint density at radius 3 is 2.30 bits per heavy atom. The molecule has 0 aliphatic carbocycles. The minimum absolute atomic E-state index is 0. The molecule has 1 fully saturated rings. The molecule has 1 aromatic heterocycles. The summed E-state index contributed by atoms with van der Waals surface area (Å²) in [7, 11) is 1.51. The summed E-state index contributed by atoms with van der Waals surface area (Å²) in [5.41, 5.74) is 6.35. The number of carbonyl (C=O) groups excluding carboxylic acids is 2. The van der Waals surface area contributed by atoms with E-state index < -0.39 is 6.04 Å². The number of furan rings is 1. The Morgan fingerprint density at radius 1 is 1.26 bits per heavy atom. The lowest BCUT2D eigenvalue weighted by Gasteiger charge is -2.35. The Hall–Kier alpha value is -1.57. The molecule has 8 heteroatoms. The monoisotopic (exact) mass is 345 g/mol. The molecule has 23 heavy (non-hydrogen) atoms. The fraction of sp³-hybridized carbons (Fsp3) is 0.600. The quantitative estimate of drug-likeness (QED) is 0.862. The molecule has 2 N–H and O–H groups in total. The number of nitrogens with zero attached hydrogens (tertiary/aromatic N) is 2. The highest BCUT2D eigenvalue weighted by Crippen LogP contribution is 2.17. The maximum absolute atomic E-state index is 12.5. The largest absolute Gasteiger partial charge is 0.466 e. The van der Waals surface area contributed by atoms with Crippen LogP contribution in [0.15, 0.2) is 10.5 Å². The van der Waals surface area contributed by atoms with Gasteiger partial charge in [0, 0.05) is 33.3 Å². The van der Waals surface area contributed by atoms with Crippen molar-refractivity contribution < 1.29 is 18.7 Å². The minimum Gasteiger partial charge on any atom is -0.466 e. The van der Waals surface area contributed by atoms with Crippen molar-refractivity contribution in [2.75, 3.05) is 39.9 Å². The van der Waals surface area contributed by atoms with E-state index in [1.54, 1.807) is 22.8 Å². The molecule has 1 aliphatic heterocycles. The van der Waals surface area contributed by atoms with Gasteiger partial charge in [0.25, 0.3) is 5.91 Å². The number of nitrogens with two attached hydrogens (primary N) is 1. The SMILES string of the molecule is COCC(N)C(=O)N1CCN(C(=O)c2cc(C)oc2C)CC1.Cl. The Bertz CT molecular complexity index is 553. The van der Waals surface area contributed by atoms with Crippen LogP contribution in [0.2, 0.25) is 0 Å². The number of amides is 2. The number of ether oxygens (including phenoxy) is 1. The van der Waals surface area contributed by atoms with E-state index >= 15 is 0 Å². The van der Waals surface area contributed by atoms with Crippen molar-refractivity contribution in [1.29, 1.82) is 0 Å². The summed E-state index contributed by atoms with van der Waals surface area (Å²) in [5.74, 6) is 1.16. The third-order valence-corrected chi connectivity index (χ3v) is 3.81. The van der Waals surface area contributed by atoms with Crippen molar-refractivity contribution in [3.63, 3.8) is 0 Å². The van der Waals surface area contributed by atoms with Crippen LogP contribution in [0.1, 0.15) is 21.9 Å². The van der Waals surface area contributed by atoms with E-state index in [2.05, 4.69) is 0 Å². The molecule has 1 unspecified atom stereocenters. The predicted molar refractivity (Wildman–Crippen MR) is 87.8 cm³/mol. The van der Waals surface area contributed by atoms with E-state index in [0.717, 1.165) is 5.76 Å². The van der Waals surface area contributed by atoms with E-state index in [4.69, 9.17) is 14.9 Å². The molecule has 2 rings (SSSR count). The predicted octanol–water partition coefficient (Wildman–Crippen LogP) is 0.576. The zero-order chi connectivity index (χ0) is 16.3. The maximum atomic E-state index is 12.5. The fourth-order valence-electron chi connectivity index (χ4n) is 2.63. The zero-order valence-electron chi connectivity index (χ0n) is 13.7. The van der Waals surface area contributed by atoms with Crippen LogP contribution in [0, 0.1) is 13.8 Å². The highest BCUT2D eigenvalue weighted by molar-refractivity contribution is 5.95. The summed E-state index contributed by atoms with van der Waals surface area (Å²) in [6.07, 6.45) is 0. The number of halogens is 1. The molecule has 0 aromatic carbocycles. The van der Waals surface area contributed by atoms with Gasteiger partial charge in [-0.25, -0.2) is 0 Å². The van der Waals surface area contributed by atoms with Crippen LogP contribution in [-0.2, 0) is 9.53 Å². The second kappa shape index (κ2) is 8.33. The van der Waals surface area contributed by atoms with E-state index in [1.807, 2.05) is 6.92 Å². The lowest BCUT2D eigenvalue weighted by atomic mass is 10.2. The van der Waals surface area contributed by atoms with Crippen LogP contribution < -0.4 is 5.73 Å². The third-order valence-electron chi connectivity index (χ3n) is 3.81. The molecule has 0 saturated carbocycles. The van der Waals surface area contributed by atoms with Gasteiger partial charge in [-0.2, -0.15) is 0 Å². The summed E-state index contributed by atoms with van der Waals surface area (Å²) in [6.45, 7) is 5.75. The average Bonchev–Trinajstić information content (AvgIpc) is 2.85.